The van der Waals surface area contributed by atoms with E-state index >= 15 is 0 Å². The van der Waals surface area contributed by atoms with Crippen LogP contribution in [0.3, 0.4) is 0 Å². The van der Waals surface area contributed by atoms with E-state index in [1.54, 1.807) is 0 Å². The summed E-state index contributed by atoms with van der Waals surface area (Å²) >= 11 is 0. The van der Waals surface area contributed by atoms with Crippen LogP contribution in [0.15, 0.2) is 255 Å². The van der Waals surface area contributed by atoms with E-state index in [-0.39, 0.29) is 0 Å². The van der Waals surface area contributed by atoms with Crippen LogP contribution in [0.2, 0.25) is 13.1 Å². The van der Waals surface area contributed by atoms with Gasteiger partial charge in [-0.05, 0) is 142 Å². The van der Waals surface area contributed by atoms with Crippen LogP contribution >= 0.6 is 0 Å². The standard InChI is InChI=1S/C64H48N4Si/c1-69(2)63-42-52(66(47-21-9-4-10-22-47)50-33-31-45(32-34-50)59-44-65(46-19-7-3-8-20-46)60-29-17-15-28-55(59)60)35-38-56(63)57-39-36-53(43-64(57)69)67(48-23-11-5-12-24-48)51-37-40-62-58(41-51)54-27-16-18-30-61(54)68(62)49-25-13-6-14-26-49/h3-44H,1-2H3. The molecule has 3 heterocycles. The number of aromatic nitrogens is 2. The van der Waals surface area contributed by atoms with Gasteiger partial charge in [0, 0.05) is 73.4 Å². The van der Waals surface area contributed by atoms with Gasteiger partial charge in [-0.3, -0.25) is 0 Å². The molecule has 328 valence electrons. The zero-order valence-electron chi connectivity index (χ0n) is 38.5. The Morgan fingerprint density at radius 1 is 0.319 bits per heavy atom. The van der Waals surface area contributed by atoms with Crippen molar-refractivity contribution in [3.8, 4) is 33.6 Å². The summed E-state index contributed by atoms with van der Waals surface area (Å²) < 4.78 is 4.69. The highest BCUT2D eigenvalue weighted by Gasteiger charge is 2.39. The number of nitrogens with zero attached hydrogens (tertiary/aromatic N) is 4. The van der Waals surface area contributed by atoms with E-state index in [0.717, 1.165) is 45.5 Å². The molecule has 0 amide bonds. The fraction of sp³-hybridized carbons (Fsp3) is 0.0312. The first-order chi connectivity index (χ1) is 34.0. The van der Waals surface area contributed by atoms with Crippen molar-refractivity contribution in [1.29, 1.82) is 0 Å². The lowest BCUT2D eigenvalue weighted by atomic mass is 10.0. The van der Waals surface area contributed by atoms with Crippen LogP contribution in [0, 0.1) is 0 Å². The third-order valence-electron chi connectivity index (χ3n) is 14.3. The molecule has 0 aliphatic carbocycles. The first-order valence-corrected chi connectivity index (χ1v) is 26.8. The summed E-state index contributed by atoms with van der Waals surface area (Å²) in [6, 6.07) is 90.9. The second-order valence-electron chi connectivity index (χ2n) is 18.6. The van der Waals surface area contributed by atoms with Crippen molar-refractivity contribution in [1.82, 2.24) is 9.13 Å². The molecule has 0 saturated heterocycles. The Bertz CT molecular complexity index is 3860. The Morgan fingerprint density at radius 2 is 0.754 bits per heavy atom. The molecule has 0 N–H and O–H groups in total. The molecule has 10 aromatic carbocycles. The molecule has 13 rings (SSSR count). The predicted molar refractivity (Wildman–Crippen MR) is 295 cm³/mol. The number of hydrogen-bond donors (Lipinski definition) is 0. The number of para-hydroxylation sites is 6. The fourth-order valence-electron chi connectivity index (χ4n) is 11.0. The normalized spacial score (nSPS) is 12.6. The van der Waals surface area contributed by atoms with Gasteiger partial charge >= 0.3 is 0 Å². The summed E-state index contributed by atoms with van der Waals surface area (Å²) in [7, 11) is -2.22. The lowest BCUT2D eigenvalue weighted by Crippen LogP contribution is -2.49. The Balaban J connectivity index is 0.883. The van der Waals surface area contributed by atoms with Crippen LogP contribution in [-0.4, -0.2) is 17.2 Å². The van der Waals surface area contributed by atoms with Gasteiger partial charge in [-0.15, -0.1) is 0 Å². The van der Waals surface area contributed by atoms with Crippen molar-refractivity contribution < 1.29 is 0 Å². The number of fused-ring (bicyclic) bond motifs is 7. The fourth-order valence-corrected chi connectivity index (χ4v) is 14.1. The summed E-state index contributed by atoms with van der Waals surface area (Å²) in [5.74, 6) is 0. The zero-order chi connectivity index (χ0) is 46.1. The first-order valence-electron chi connectivity index (χ1n) is 23.8. The molecule has 1 aliphatic rings. The zero-order valence-corrected chi connectivity index (χ0v) is 39.5. The minimum Gasteiger partial charge on any atom is -0.316 e. The quantitative estimate of drug-likeness (QED) is 0.134. The van der Waals surface area contributed by atoms with Crippen molar-refractivity contribution in [3.63, 3.8) is 0 Å². The van der Waals surface area contributed by atoms with E-state index in [0.29, 0.717) is 0 Å². The van der Waals surface area contributed by atoms with E-state index in [1.807, 2.05) is 0 Å². The van der Waals surface area contributed by atoms with Gasteiger partial charge in [-0.1, -0.05) is 147 Å². The molecule has 0 atom stereocenters. The minimum atomic E-state index is -2.22. The summed E-state index contributed by atoms with van der Waals surface area (Å²) in [5, 5.41) is 6.63. The van der Waals surface area contributed by atoms with E-state index in [4.69, 9.17) is 0 Å². The largest absolute Gasteiger partial charge is 0.316 e. The highest BCUT2D eigenvalue weighted by atomic mass is 28.3. The van der Waals surface area contributed by atoms with Crippen molar-refractivity contribution in [3.05, 3.63) is 255 Å². The highest BCUT2D eigenvalue weighted by Crippen LogP contribution is 2.43. The Morgan fingerprint density at radius 3 is 1.36 bits per heavy atom. The molecule has 0 fully saturated rings. The Labute approximate surface area is 403 Å². The molecule has 69 heavy (non-hydrogen) atoms. The number of rotatable bonds is 9. The van der Waals surface area contributed by atoms with Gasteiger partial charge in [0.2, 0.25) is 0 Å². The Kier molecular flexibility index (Phi) is 9.60. The summed E-state index contributed by atoms with van der Waals surface area (Å²) in [4.78, 5) is 4.85. The second kappa shape index (κ2) is 16.3. The minimum absolute atomic E-state index is 1.12. The third kappa shape index (κ3) is 6.73. The molecule has 0 radical (unpaired) electrons. The molecule has 2 aromatic heterocycles. The molecule has 0 unspecified atom stereocenters. The molecule has 4 nitrogen and oxygen atoms in total. The maximum atomic E-state index is 2.52. The first kappa shape index (κ1) is 40.6. The third-order valence-corrected chi connectivity index (χ3v) is 17.8. The van der Waals surface area contributed by atoms with Crippen molar-refractivity contribution >= 4 is 85.3 Å². The molecule has 0 spiro atoms. The maximum Gasteiger partial charge on any atom is 0.114 e. The molecular formula is C64H48N4Si. The van der Waals surface area contributed by atoms with Crippen molar-refractivity contribution in [2.24, 2.45) is 0 Å². The van der Waals surface area contributed by atoms with Crippen LogP contribution in [-0.2, 0) is 0 Å². The highest BCUT2D eigenvalue weighted by molar-refractivity contribution is 7.04. The van der Waals surface area contributed by atoms with Crippen molar-refractivity contribution in [2.75, 3.05) is 9.80 Å². The molecule has 0 bridgehead atoms. The number of hydrogen-bond acceptors (Lipinski definition) is 2. The van der Waals surface area contributed by atoms with Gasteiger partial charge in [0.1, 0.15) is 8.07 Å². The van der Waals surface area contributed by atoms with Gasteiger partial charge in [0.25, 0.3) is 0 Å². The lowest BCUT2D eigenvalue weighted by Gasteiger charge is -2.28. The van der Waals surface area contributed by atoms with Gasteiger partial charge < -0.3 is 18.9 Å². The maximum absolute atomic E-state index is 2.52. The average Bonchev–Trinajstić information content (AvgIpc) is 4.03. The smallest absolute Gasteiger partial charge is 0.114 e. The molecular weight excluding hydrogens is 853 g/mol. The summed E-state index contributed by atoms with van der Waals surface area (Å²) in [6.45, 7) is 5.05. The topological polar surface area (TPSA) is 16.3 Å². The van der Waals surface area contributed by atoms with Crippen LogP contribution in [0.25, 0.3) is 66.3 Å². The van der Waals surface area contributed by atoms with Crippen LogP contribution in [0.1, 0.15) is 0 Å². The van der Waals surface area contributed by atoms with E-state index < -0.39 is 8.07 Å². The SMILES string of the molecule is C[Si]1(C)c2cc(N(c3ccccc3)c3ccc(-c4cn(-c5ccccc5)c5ccccc45)cc3)ccc2-c2ccc(N(c3ccccc3)c3ccc4c(c3)c3ccccc3n4-c3ccccc3)cc21. The monoisotopic (exact) mass is 900 g/mol. The summed E-state index contributed by atoms with van der Waals surface area (Å²) in [6.07, 6.45) is 2.28. The number of benzene rings is 10. The lowest BCUT2D eigenvalue weighted by molar-refractivity contribution is 1.13. The Hall–Kier alpha value is -8.64. The van der Waals surface area contributed by atoms with Crippen LogP contribution < -0.4 is 20.2 Å². The van der Waals surface area contributed by atoms with Crippen molar-refractivity contribution in [2.45, 2.75) is 13.1 Å². The predicted octanol–water partition coefficient (Wildman–Crippen LogP) is 16.1. The molecule has 1 aliphatic heterocycles. The second-order valence-corrected chi connectivity index (χ2v) is 23.0. The van der Waals surface area contributed by atoms with Gasteiger partial charge in [0.15, 0.2) is 0 Å². The van der Waals surface area contributed by atoms with Crippen LogP contribution in [0.5, 0.6) is 0 Å². The van der Waals surface area contributed by atoms with Gasteiger partial charge in [-0.2, -0.15) is 0 Å². The van der Waals surface area contributed by atoms with Gasteiger partial charge in [-0.25, -0.2) is 0 Å². The summed E-state index contributed by atoms with van der Waals surface area (Å²) in [5.41, 5.74) is 17.9. The van der Waals surface area contributed by atoms with E-state index in [9.17, 15) is 0 Å². The van der Waals surface area contributed by atoms with Gasteiger partial charge in [0.05, 0.1) is 16.6 Å². The molecule has 12 aromatic rings. The molecule has 5 heteroatoms. The average molecular weight is 901 g/mol. The van der Waals surface area contributed by atoms with E-state index in [2.05, 4.69) is 287 Å². The van der Waals surface area contributed by atoms with E-state index in [1.165, 1.54) is 65.3 Å². The van der Waals surface area contributed by atoms with Crippen LogP contribution in [0.4, 0.5) is 34.1 Å². The number of anilines is 6. The molecule has 0 saturated carbocycles.